The van der Waals surface area contributed by atoms with E-state index in [1.54, 1.807) is 13.8 Å². The van der Waals surface area contributed by atoms with Gasteiger partial charge in [-0.25, -0.2) is 0 Å². The molecule has 1 aliphatic rings. The number of carbonyl (C=O) groups is 2. The summed E-state index contributed by atoms with van der Waals surface area (Å²) in [6.45, 7) is 3.35. The number of benzene rings is 1. The summed E-state index contributed by atoms with van der Waals surface area (Å²) in [6.07, 6.45) is 7.25. The summed E-state index contributed by atoms with van der Waals surface area (Å²) in [5.41, 5.74) is -0.235. The van der Waals surface area contributed by atoms with Gasteiger partial charge in [-0.2, -0.15) is 0 Å². The van der Waals surface area contributed by atoms with Crippen molar-refractivity contribution in [3.8, 4) is 17.2 Å². The number of phenolic OH excluding ortho intramolecular Hbond substituents is 3. The normalized spacial score (nSPS) is 15.1. The number of phenols is 3. The highest BCUT2D eigenvalue weighted by atomic mass is 16.4. The third kappa shape index (κ3) is 5.80. The fourth-order valence-corrected chi connectivity index (χ4v) is 3.92. The van der Waals surface area contributed by atoms with E-state index in [0.717, 1.165) is 38.2 Å². The Labute approximate surface area is 177 Å². The molecule has 7 heteroatoms. The minimum atomic E-state index is -0.850. The van der Waals surface area contributed by atoms with Gasteiger partial charge in [0.15, 0.2) is 11.5 Å². The van der Waals surface area contributed by atoms with Gasteiger partial charge in [0, 0.05) is 17.2 Å². The molecule has 1 aromatic carbocycles. The monoisotopic (exact) mass is 422 g/mol. The van der Waals surface area contributed by atoms with Crippen molar-refractivity contribution in [3.63, 3.8) is 0 Å². The zero-order chi connectivity index (χ0) is 22.5. The number of rotatable bonds is 13. The summed E-state index contributed by atoms with van der Waals surface area (Å²) in [5.74, 6) is -2.22. The van der Waals surface area contributed by atoms with Crippen molar-refractivity contribution in [2.24, 2.45) is 10.8 Å². The molecule has 0 saturated heterocycles. The first-order valence-electron chi connectivity index (χ1n) is 10.7. The van der Waals surface area contributed by atoms with E-state index >= 15 is 0 Å². The van der Waals surface area contributed by atoms with Crippen LogP contribution in [0.15, 0.2) is 6.07 Å². The molecular weight excluding hydrogens is 388 g/mol. The molecule has 5 N–H and O–H groups in total. The highest BCUT2D eigenvalue weighted by Gasteiger charge is 2.49. The summed E-state index contributed by atoms with van der Waals surface area (Å²) in [5, 5.41) is 48.9. The largest absolute Gasteiger partial charge is 0.508 e. The molecule has 1 aliphatic carbocycles. The summed E-state index contributed by atoms with van der Waals surface area (Å²) in [6, 6.07) is 1.14. The molecule has 0 aromatic heterocycles. The van der Waals surface area contributed by atoms with Crippen molar-refractivity contribution < 1.29 is 35.1 Å². The molecule has 1 aromatic rings. The van der Waals surface area contributed by atoms with Gasteiger partial charge in [0.2, 0.25) is 0 Å². The average Bonchev–Trinajstić information content (AvgIpc) is 3.45. The lowest BCUT2D eigenvalue weighted by molar-refractivity contribution is -0.147. The smallest absolute Gasteiger partial charge is 0.309 e. The molecule has 0 radical (unpaired) electrons. The average molecular weight is 423 g/mol. The fourth-order valence-electron chi connectivity index (χ4n) is 3.92. The van der Waals surface area contributed by atoms with Gasteiger partial charge in [0.05, 0.1) is 10.8 Å². The Hall–Kier alpha value is -2.44. The van der Waals surface area contributed by atoms with E-state index in [-0.39, 0.29) is 17.2 Å². The van der Waals surface area contributed by atoms with Crippen LogP contribution in [0.2, 0.25) is 0 Å². The highest BCUT2D eigenvalue weighted by Crippen LogP contribution is 2.50. The van der Waals surface area contributed by atoms with Gasteiger partial charge in [0.25, 0.3) is 0 Å². The van der Waals surface area contributed by atoms with E-state index in [1.807, 2.05) is 0 Å². The minimum absolute atomic E-state index is 0.0598. The number of aliphatic carboxylic acids is 2. The quantitative estimate of drug-likeness (QED) is 0.178. The van der Waals surface area contributed by atoms with Gasteiger partial charge in [-0.05, 0) is 65.2 Å². The molecule has 30 heavy (non-hydrogen) atoms. The van der Waals surface area contributed by atoms with E-state index in [0.29, 0.717) is 49.7 Å². The summed E-state index contributed by atoms with van der Waals surface area (Å²) in [7, 11) is 0. The van der Waals surface area contributed by atoms with E-state index < -0.39 is 22.8 Å². The molecular formula is C23H34O7. The predicted octanol–water partition coefficient (Wildman–Crippen LogP) is 4.59. The maximum Gasteiger partial charge on any atom is 0.309 e. The molecule has 168 valence electrons. The van der Waals surface area contributed by atoms with Gasteiger partial charge < -0.3 is 25.5 Å². The number of aromatic hydroxyl groups is 3. The first-order chi connectivity index (χ1) is 14.0. The van der Waals surface area contributed by atoms with Crippen LogP contribution in [0, 0.1) is 10.8 Å². The number of carboxylic acid groups (broad SMARTS) is 2. The zero-order valence-electron chi connectivity index (χ0n) is 17.9. The lowest BCUT2D eigenvalue weighted by Crippen LogP contribution is -2.23. The van der Waals surface area contributed by atoms with Crippen molar-refractivity contribution in [1.82, 2.24) is 0 Å². The van der Waals surface area contributed by atoms with Crippen molar-refractivity contribution in [1.29, 1.82) is 0 Å². The van der Waals surface area contributed by atoms with Crippen LogP contribution in [0.5, 0.6) is 17.2 Å². The van der Waals surface area contributed by atoms with Crippen LogP contribution in [0.1, 0.15) is 82.8 Å². The van der Waals surface area contributed by atoms with Crippen molar-refractivity contribution in [2.45, 2.75) is 84.5 Å². The van der Waals surface area contributed by atoms with E-state index in [1.165, 1.54) is 0 Å². The molecule has 0 spiro atoms. The lowest BCUT2D eigenvalue weighted by Gasteiger charge is -2.19. The van der Waals surface area contributed by atoms with Crippen LogP contribution in [-0.4, -0.2) is 37.5 Å². The Morgan fingerprint density at radius 2 is 1.50 bits per heavy atom. The van der Waals surface area contributed by atoms with Gasteiger partial charge in [-0.3, -0.25) is 9.59 Å². The highest BCUT2D eigenvalue weighted by molar-refractivity contribution is 5.77. The molecule has 0 unspecified atom stereocenters. The number of unbranched alkanes of at least 4 members (excludes halogenated alkanes) is 3. The topological polar surface area (TPSA) is 135 Å². The van der Waals surface area contributed by atoms with Gasteiger partial charge in [-0.15, -0.1) is 0 Å². The predicted molar refractivity (Wildman–Crippen MR) is 112 cm³/mol. The first kappa shape index (κ1) is 23.8. The number of hydrogen-bond acceptors (Lipinski definition) is 5. The Kier molecular flexibility index (Phi) is 7.61. The summed E-state index contributed by atoms with van der Waals surface area (Å²) < 4.78 is 0. The van der Waals surface area contributed by atoms with Gasteiger partial charge >= 0.3 is 11.9 Å². The van der Waals surface area contributed by atoms with Crippen LogP contribution < -0.4 is 0 Å². The lowest BCUT2D eigenvalue weighted by atomic mass is 9.86. The Morgan fingerprint density at radius 3 is 2.07 bits per heavy atom. The Bertz CT molecular complexity index is 778. The Morgan fingerprint density at radius 1 is 0.900 bits per heavy atom. The SMILES string of the molecule is CC(C)(CCCCc1c(O)c(O)cc(O)c1CCCCCC1(C(=O)O)CC1)C(=O)O. The number of carboxylic acids is 2. The van der Waals surface area contributed by atoms with Crippen LogP contribution in [0.25, 0.3) is 0 Å². The van der Waals surface area contributed by atoms with Crippen LogP contribution in [0.3, 0.4) is 0 Å². The van der Waals surface area contributed by atoms with E-state index in [4.69, 9.17) is 0 Å². The second-order valence-electron chi connectivity index (χ2n) is 9.26. The van der Waals surface area contributed by atoms with Crippen LogP contribution in [0.4, 0.5) is 0 Å². The molecule has 0 heterocycles. The molecule has 0 bridgehead atoms. The zero-order valence-corrected chi connectivity index (χ0v) is 17.9. The molecule has 0 atom stereocenters. The molecule has 0 aliphatic heterocycles. The van der Waals surface area contributed by atoms with Crippen molar-refractivity contribution >= 4 is 11.9 Å². The van der Waals surface area contributed by atoms with Crippen molar-refractivity contribution in [3.05, 3.63) is 17.2 Å². The molecule has 1 saturated carbocycles. The minimum Gasteiger partial charge on any atom is -0.508 e. The van der Waals surface area contributed by atoms with Gasteiger partial charge in [0.1, 0.15) is 5.75 Å². The molecule has 0 amide bonds. The maximum atomic E-state index is 11.2. The molecule has 7 nitrogen and oxygen atoms in total. The third-order valence-electron chi connectivity index (χ3n) is 6.42. The van der Waals surface area contributed by atoms with Crippen LogP contribution >= 0.6 is 0 Å². The summed E-state index contributed by atoms with van der Waals surface area (Å²) in [4.78, 5) is 22.5. The van der Waals surface area contributed by atoms with Crippen molar-refractivity contribution in [2.75, 3.05) is 0 Å². The second-order valence-corrected chi connectivity index (χ2v) is 9.26. The standard InChI is InChI=1S/C23H34O7/c1-22(2,20(27)28)10-7-5-9-16-15(17(24)14-18(25)19(16)26)8-4-3-6-11-23(12-13-23)21(29)30/h14,24-26H,3-13H2,1-2H3,(H,27,28)(H,29,30). The first-order valence-corrected chi connectivity index (χ1v) is 10.7. The summed E-state index contributed by atoms with van der Waals surface area (Å²) >= 11 is 0. The van der Waals surface area contributed by atoms with Crippen LogP contribution in [-0.2, 0) is 22.4 Å². The third-order valence-corrected chi connectivity index (χ3v) is 6.42. The second kappa shape index (κ2) is 9.58. The van der Waals surface area contributed by atoms with Gasteiger partial charge in [-0.1, -0.05) is 19.3 Å². The maximum absolute atomic E-state index is 11.2. The number of hydrogen-bond donors (Lipinski definition) is 5. The fraction of sp³-hybridized carbons (Fsp3) is 0.652. The molecule has 2 rings (SSSR count). The van der Waals surface area contributed by atoms with E-state index in [2.05, 4.69) is 0 Å². The Balaban J connectivity index is 1.92. The van der Waals surface area contributed by atoms with E-state index in [9.17, 15) is 35.1 Å². The molecule has 1 fully saturated rings.